The first kappa shape index (κ1) is 24.9. The SMILES string of the molecule is COC(=O)CCCN1C(=S)N[C@@H](c2ccccn2)[C@H]1c1cc(C)n(-c2c(C)cc(C)cc2C)c1C. The van der Waals surface area contributed by atoms with Gasteiger partial charge in [-0.3, -0.25) is 9.78 Å². The fourth-order valence-electron chi connectivity index (χ4n) is 5.44. The second-order valence-electron chi connectivity index (χ2n) is 9.41. The number of nitrogens with zero attached hydrogens (tertiary/aromatic N) is 3. The molecule has 0 aliphatic carbocycles. The van der Waals surface area contributed by atoms with Gasteiger partial charge in [0.1, 0.15) is 0 Å². The number of rotatable bonds is 7. The first-order valence-electron chi connectivity index (χ1n) is 12.0. The van der Waals surface area contributed by atoms with Gasteiger partial charge in [0.05, 0.1) is 30.6 Å². The largest absolute Gasteiger partial charge is 0.469 e. The molecule has 2 atom stereocenters. The number of hydrogen-bond acceptors (Lipinski definition) is 4. The number of benzene rings is 1. The highest BCUT2D eigenvalue weighted by atomic mass is 32.1. The lowest BCUT2D eigenvalue weighted by Gasteiger charge is -2.28. The Balaban J connectivity index is 1.80. The number of ether oxygens (including phenoxy) is 1. The molecule has 0 unspecified atom stereocenters. The van der Waals surface area contributed by atoms with E-state index in [1.807, 2.05) is 24.4 Å². The first-order valence-corrected chi connectivity index (χ1v) is 12.5. The summed E-state index contributed by atoms with van der Waals surface area (Å²) in [5.41, 5.74) is 9.54. The van der Waals surface area contributed by atoms with Gasteiger partial charge in [0.25, 0.3) is 0 Å². The standard InChI is InChI=1S/C28H34N4O2S/c1-17-14-18(2)26(19(3)15-17)32-20(4)16-22(21(32)5)27-25(23-10-7-8-12-29-23)30-28(35)31(27)13-9-11-24(33)34-6/h7-8,10,12,14-16,25,27H,9,11,13H2,1-6H3,(H,30,35)/t25-,27+/m0/s1. The van der Waals surface area contributed by atoms with Crippen LogP contribution in [0.25, 0.3) is 5.69 Å². The fraction of sp³-hybridized carbons (Fsp3) is 0.393. The lowest BCUT2D eigenvalue weighted by molar-refractivity contribution is -0.140. The summed E-state index contributed by atoms with van der Waals surface area (Å²) < 4.78 is 7.21. The quantitative estimate of drug-likeness (QED) is 0.356. The average Bonchev–Trinajstić information content (AvgIpc) is 3.29. The summed E-state index contributed by atoms with van der Waals surface area (Å²) in [5.74, 6) is -0.204. The Morgan fingerprint density at radius 3 is 2.46 bits per heavy atom. The number of carbonyl (C=O) groups excluding carboxylic acids is 1. The maximum Gasteiger partial charge on any atom is 0.305 e. The van der Waals surface area contributed by atoms with Crippen LogP contribution < -0.4 is 5.32 Å². The van der Waals surface area contributed by atoms with Crippen LogP contribution in [0.5, 0.6) is 0 Å². The van der Waals surface area contributed by atoms with Crippen LogP contribution in [-0.4, -0.2) is 39.2 Å². The van der Waals surface area contributed by atoms with Gasteiger partial charge in [-0.05, 0) is 88.1 Å². The molecule has 7 heteroatoms. The molecule has 2 aromatic heterocycles. The average molecular weight is 491 g/mol. The molecular weight excluding hydrogens is 456 g/mol. The molecule has 35 heavy (non-hydrogen) atoms. The van der Waals surface area contributed by atoms with Gasteiger partial charge < -0.3 is 19.5 Å². The van der Waals surface area contributed by atoms with E-state index in [2.05, 4.69) is 72.6 Å². The molecule has 3 heterocycles. The molecule has 1 N–H and O–H groups in total. The van der Waals surface area contributed by atoms with Crippen molar-refractivity contribution in [2.45, 2.75) is 59.5 Å². The molecule has 1 aliphatic heterocycles. The van der Waals surface area contributed by atoms with Gasteiger partial charge in [-0.2, -0.15) is 0 Å². The minimum absolute atomic E-state index is 0.0407. The van der Waals surface area contributed by atoms with Gasteiger partial charge in [0, 0.05) is 30.6 Å². The maximum absolute atomic E-state index is 11.7. The molecule has 0 spiro atoms. The van der Waals surface area contributed by atoms with E-state index in [4.69, 9.17) is 17.0 Å². The minimum atomic E-state index is -0.204. The summed E-state index contributed by atoms with van der Waals surface area (Å²) in [7, 11) is 1.42. The highest BCUT2D eigenvalue weighted by molar-refractivity contribution is 7.80. The van der Waals surface area contributed by atoms with Crippen LogP contribution in [0.3, 0.4) is 0 Å². The van der Waals surface area contributed by atoms with E-state index in [0.29, 0.717) is 24.5 Å². The van der Waals surface area contributed by atoms with Crippen LogP contribution in [-0.2, 0) is 9.53 Å². The molecule has 6 nitrogen and oxygen atoms in total. The summed E-state index contributed by atoms with van der Waals surface area (Å²) >= 11 is 5.80. The number of esters is 1. The molecule has 3 aromatic rings. The highest BCUT2D eigenvalue weighted by Gasteiger charge is 2.41. The second-order valence-corrected chi connectivity index (χ2v) is 9.80. The third-order valence-electron chi connectivity index (χ3n) is 6.85. The lowest BCUT2D eigenvalue weighted by atomic mass is 9.96. The highest BCUT2D eigenvalue weighted by Crippen LogP contribution is 2.42. The Morgan fingerprint density at radius 1 is 1.11 bits per heavy atom. The van der Waals surface area contributed by atoms with Crippen molar-refractivity contribution < 1.29 is 9.53 Å². The molecule has 4 rings (SSSR count). The van der Waals surface area contributed by atoms with Crippen LogP contribution >= 0.6 is 12.2 Å². The number of aryl methyl sites for hydroxylation is 4. The van der Waals surface area contributed by atoms with Gasteiger partial charge >= 0.3 is 5.97 Å². The van der Waals surface area contributed by atoms with Crippen molar-refractivity contribution >= 4 is 23.3 Å². The summed E-state index contributed by atoms with van der Waals surface area (Å²) in [4.78, 5) is 18.6. The van der Waals surface area contributed by atoms with E-state index >= 15 is 0 Å². The van der Waals surface area contributed by atoms with E-state index in [-0.39, 0.29) is 18.1 Å². The van der Waals surface area contributed by atoms with Crippen molar-refractivity contribution in [3.8, 4) is 5.69 Å². The molecular formula is C28H34N4O2S. The van der Waals surface area contributed by atoms with Crippen LogP contribution in [0.2, 0.25) is 0 Å². The molecule has 1 aliphatic rings. The maximum atomic E-state index is 11.7. The zero-order chi connectivity index (χ0) is 25.3. The van der Waals surface area contributed by atoms with Crippen LogP contribution in [0, 0.1) is 34.6 Å². The van der Waals surface area contributed by atoms with Crippen molar-refractivity contribution in [1.29, 1.82) is 0 Å². The summed E-state index contributed by atoms with van der Waals surface area (Å²) in [6.07, 6.45) is 2.84. The molecule has 0 radical (unpaired) electrons. The monoisotopic (exact) mass is 490 g/mol. The third kappa shape index (κ3) is 4.82. The number of hydrogen-bond donors (Lipinski definition) is 1. The van der Waals surface area contributed by atoms with Crippen LogP contribution in [0.1, 0.15) is 64.3 Å². The lowest BCUT2D eigenvalue weighted by Crippen LogP contribution is -2.31. The van der Waals surface area contributed by atoms with Gasteiger partial charge in [-0.1, -0.05) is 23.8 Å². The number of methoxy groups -OCH3 is 1. The van der Waals surface area contributed by atoms with Crippen molar-refractivity contribution in [1.82, 2.24) is 19.8 Å². The van der Waals surface area contributed by atoms with Gasteiger partial charge in [0.15, 0.2) is 5.11 Å². The van der Waals surface area contributed by atoms with Crippen molar-refractivity contribution in [2.24, 2.45) is 0 Å². The zero-order valence-electron chi connectivity index (χ0n) is 21.4. The van der Waals surface area contributed by atoms with Crippen molar-refractivity contribution in [2.75, 3.05) is 13.7 Å². The minimum Gasteiger partial charge on any atom is -0.469 e. The van der Waals surface area contributed by atoms with E-state index < -0.39 is 0 Å². The Labute approximate surface area is 213 Å². The number of thiocarbonyl (C=S) groups is 1. The van der Waals surface area contributed by atoms with E-state index in [1.54, 1.807) is 0 Å². The second kappa shape index (κ2) is 10.2. The molecule has 184 valence electrons. The summed E-state index contributed by atoms with van der Waals surface area (Å²) in [6.45, 7) is 11.5. The molecule has 1 aromatic carbocycles. The molecule has 0 amide bonds. The molecule has 1 saturated heterocycles. The van der Waals surface area contributed by atoms with Crippen molar-refractivity contribution in [3.05, 3.63) is 81.9 Å². The van der Waals surface area contributed by atoms with E-state index in [0.717, 1.165) is 5.69 Å². The Hall–Kier alpha value is -3.19. The molecule has 0 bridgehead atoms. The van der Waals surface area contributed by atoms with Gasteiger partial charge in [0.2, 0.25) is 0 Å². The van der Waals surface area contributed by atoms with E-state index in [1.165, 1.54) is 46.4 Å². The van der Waals surface area contributed by atoms with E-state index in [9.17, 15) is 4.79 Å². The Bertz CT molecular complexity index is 1230. The number of nitrogens with one attached hydrogen (secondary N) is 1. The third-order valence-corrected chi connectivity index (χ3v) is 7.21. The number of carbonyl (C=O) groups is 1. The predicted octanol–water partition coefficient (Wildman–Crippen LogP) is 5.34. The number of aromatic nitrogens is 2. The smallest absolute Gasteiger partial charge is 0.305 e. The normalized spacial score (nSPS) is 17.5. The zero-order valence-corrected chi connectivity index (χ0v) is 22.2. The summed E-state index contributed by atoms with van der Waals surface area (Å²) in [5, 5.41) is 4.20. The van der Waals surface area contributed by atoms with Crippen molar-refractivity contribution in [3.63, 3.8) is 0 Å². The first-order chi connectivity index (χ1) is 16.7. The van der Waals surface area contributed by atoms with Crippen LogP contribution in [0.15, 0.2) is 42.6 Å². The van der Waals surface area contributed by atoms with Crippen LogP contribution in [0.4, 0.5) is 0 Å². The van der Waals surface area contributed by atoms with Gasteiger partial charge in [-0.15, -0.1) is 0 Å². The molecule has 0 saturated carbocycles. The fourth-order valence-corrected chi connectivity index (χ4v) is 5.77. The number of pyridine rings is 1. The Kier molecular flexibility index (Phi) is 7.26. The van der Waals surface area contributed by atoms with Gasteiger partial charge in [-0.25, -0.2) is 0 Å². The topological polar surface area (TPSA) is 59.4 Å². The Morgan fingerprint density at radius 2 is 1.83 bits per heavy atom. The predicted molar refractivity (Wildman–Crippen MR) is 143 cm³/mol. The molecule has 1 fully saturated rings. The summed E-state index contributed by atoms with van der Waals surface area (Å²) in [6, 6.07) is 12.6.